The molecule has 11 nitrogen and oxygen atoms in total. The van der Waals surface area contributed by atoms with Crippen LogP contribution < -0.4 is 14.8 Å². The van der Waals surface area contributed by atoms with Crippen LogP contribution >= 0.6 is 11.6 Å². The highest BCUT2D eigenvalue weighted by molar-refractivity contribution is 6.32. The molecule has 3 rings (SSSR count). The smallest absolute Gasteiger partial charge is 0.329 e. The minimum Gasteiger partial charge on any atom is -0.493 e. The molecule has 0 aromatic heterocycles. The van der Waals surface area contributed by atoms with E-state index in [1.54, 1.807) is 12.1 Å². The number of urea groups is 1. The van der Waals surface area contributed by atoms with Gasteiger partial charge >= 0.3 is 12.0 Å². The molecule has 0 unspecified atom stereocenters. The third-order valence-electron chi connectivity index (χ3n) is 4.35. The Balaban J connectivity index is 1.80. The number of carboxylic acid groups (broad SMARTS) is 1. The van der Waals surface area contributed by atoms with Crippen LogP contribution in [-0.4, -0.2) is 46.5 Å². The lowest BCUT2D eigenvalue weighted by Gasteiger charge is -2.13. The lowest BCUT2D eigenvalue weighted by molar-refractivity contribution is -0.384. The number of carbonyl (C=O) groups excluding carboxylic acids is 2. The molecule has 1 fully saturated rings. The number of carbonyl (C=O) groups is 3. The lowest BCUT2D eigenvalue weighted by Crippen LogP contribution is -2.35. The first-order chi connectivity index (χ1) is 15.2. The number of nitro groups is 1. The number of carboxylic acids is 1. The monoisotopic (exact) mass is 461 g/mol. The number of rotatable bonds is 8. The van der Waals surface area contributed by atoms with E-state index in [4.69, 9.17) is 26.2 Å². The van der Waals surface area contributed by atoms with Gasteiger partial charge in [0.2, 0.25) is 0 Å². The summed E-state index contributed by atoms with van der Waals surface area (Å²) in [6, 6.07) is 7.96. The van der Waals surface area contributed by atoms with Crippen molar-refractivity contribution in [3.63, 3.8) is 0 Å². The number of methoxy groups -OCH3 is 1. The van der Waals surface area contributed by atoms with Gasteiger partial charge in [0.15, 0.2) is 11.5 Å². The van der Waals surface area contributed by atoms with Gasteiger partial charge in [-0.1, -0.05) is 11.6 Å². The molecular weight excluding hydrogens is 446 g/mol. The van der Waals surface area contributed by atoms with Gasteiger partial charge in [-0.15, -0.1) is 0 Å². The molecule has 0 radical (unpaired) electrons. The van der Waals surface area contributed by atoms with Gasteiger partial charge in [-0.25, -0.2) is 9.69 Å². The number of amides is 3. The highest BCUT2D eigenvalue weighted by atomic mass is 35.5. The second kappa shape index (κ2) is 9.35. The van der Waals surface area contributed by atoms with E-state index in [9.17, 15) is 24.5 Å². The Morgan fingerprint density at radius 2 is 1.97 bits per heavy atom. The van der Waals surface area contributed by atoms with Crippen molar-refractivity contribution in [2.24, 2.45) is 0 Å². The first-order valence-electron chi connectivity index (χ1n) is 8.99. The van der Waals surface area contributed by atoms with Gasteiger partial charge in [-0.2, -0.15) is 0 Å². The molecule has 12 heteroatoms. The van der Waals surface area contributed by atoms with Crippen molar-refractivity contribution < 1.29 is 33.9 Å². The zero-order valence-corrected chi connectivity index (χ0v) is 17.3. The Labute approximate surface area is 185 Å². The Kier molecular flexibility index (Phi) is 6.59. The van der Waals surface area contributed by atoms with Gasteiger partial charge in [0.05, 0.1) is 17.1 Å². The van der Waals surface area contributed by atoms with Crippen LogP contribution in [0.3, 0.4) is 0 Å². The van der Waals surface area contributed by atoms with Crippen molar-refractivity contribution >= 4 is 41.3 Å². The van der Waals surface area contributed by atoms with Crippen LogP contribution in [0, 0.1) is 10.1 Å². The summed E-state index contributed by atoms with van der Waals surface area (Å²) < 4.78 is 11.0. The fourth-order valence-corrected chi connectivity index (χ4v) is 3.12. The maximum atomic E-state index is 12.3. The van der Waals surface area contributed by atoms with Crippen molar-refractivity contribution in [1.82, 2.24) is 10.2 Å². The molecule has 0 saturated carbocycles. The van der Waals surface area contributed by atoms with E-state index in [-0.39, 0.29) is 34.5 Å². The predicted octanol–water partition coefficient (Wildman–Crippen LogP) is 2.81. The number of ether oxygens (including phenoxy) is 2. The number of nitrogens with one attached hydrogen (secondary N) is 1. The normalized spacial score (nSPS) is 14.4. The summed E-state index contributed by atoms with van der Waals surface area (Å²) in [6.45, 7) is -0.700. The van der Waals surface area contributed by atoms with Gasteiger partial charge in [-0.05, 0) is 41.5 Å². The Hall–Kier alpha value is -4.12. The summed E-state index contributed by atoms with van der Waals surface area (Å²) in [5.41, 5.74) is 0.902. The van der Waals surface area contributed by atoms with Gasteiger partial charge in [-0.3, -0.25) is 19.7 Å². The van der Waals surface area contributed by atoms with E-state index in [0.717, 1.165) is 0 Å². The van der Waals surface area contributed by atoms with Crippen molar-refractivity contribution in [1.29, 1.82) is 0 Å². The molecule has 3 amide bonds. The van der Waals surface area contributed by atoms with Crippen LogP contribution in [-0.2, 0) is 16.2 Å². The molecule has 166 valence electrons. The largest absolute Gasteiger partial charge is 0.493 e. The van der Waals surface area contributed by atoms with Crippen LogP contribution in [0.1, 0.15) is 11.1 Å². The number of hydrogen-bond donors (Lipinski definition) is 2. The zero-order chi connectivity index (χ0) is 23.4. The summed E-state index contributed by atoms with van der Waals surface area (Å²) in [4.78, 5) is 45.7. The zero-order valence-electron chi connectivity index (χ0n) is 16.5. The Morgan fingerprint density at radius 1 is 1.28 bits per heavy atom. The van der Waals surface area contributed by atoms with Crippen LogP contribution in [0.5, 0.6) is 11.5 Å². The molecule has 1 heterocycles. The molecule has 2 N–H and O–H groups in total. The number of non-ortho nitro benzene ring substituents is 1. The lowest BCUT2D eigenvalue weighted by atomic mass is 10.1. The number of nitro benzene ring substituents is 1. The molecule has 32 heavy (non-hydrogen) atoms. The molecule has 0 atom stereocenters. The maximum Gasteiger partial charge on any atom is 0.329 e. The second-order valence-electron chi connectivity index (χ2n) is 6.52. The quantitative estimate of drug-likeness (QED) is 0.264. The Bertz CT molecular complexity index is 1130. The van der Waals surface area contributed by atoms with Crippen molar-refractivity contribution in [2.45, 2.75) is 6.61 Å². The van der Waals surface area contributed by atoms with Gasteiger partial charge < -0.3 is 19.9 Å². The van der Waals surface area contributed by atoms with Crippen molar-refractivity contribution in [2.75, 3.05) is 13.7 Å². The molecule has 0 spiro atoms. The second-order valence-corrected chi connectivity index (χ2v) is 6.93. The molecule has 0 aliphatic carbocycles. The minimum atomic E-state index is -1.33. The molecule has 1 aliphatic rings. The fourth-order valence-electron chi connectivity index (χ4n) is 2.85. The average Bonchev–Trinajstić information content (AvgIpc) is 2.99. The fraction of sp³-hybridized carbons (Fsp3) is 0.150. The Morgan fingerprint density at radius 3 is 2.56 bits per heavy atom. The van der Waals surface area contributed by atoms with Crippen LogP contribution in [0.2, 0.25) is 5.02 Å². The van der Waals surface area contributed by atoms with E-state index in [1.807, 2.05) is 0 Å². The van der Waals surface area contributed by atoms with Crippen LogP contribution in [0.15, 0.2) is 42.1 Å². The number of hydrogen-bond acceptors (Lipinski definition) is 7. The first kappa shape index (κ1) is 22.6. The van der Waals surface area contributed by atoms with Crippen LogP contribution in [0.4, 0.5) is 10.5 Å². The predicted molar refractivity (Wildman–Crippen MR) is 111 cm³/mol. The summed E-state index contributed by atoms with van der Waals surface area (Å²) in [5, 5.41) is 22.0. The van der Waals surface area contributed by atoms with Crippen molar-refractivity contribution in [3.8, 4) is 11.5 Å². The highest BCUT2D eigenvalue weighted by Crippen LogP contribution is 2.37. The SMILES string of the molecule is COc1cc(/C=C2/NC(=O)N(CC(=O)O)C2=O)cc(Cl)c1OCc1ccc([N+](=O)[O-])cc1. The molecule has 2 aromatic carbocycles. The third kappa shape index (κ3) is 4.95. The number of nitrogens with zero attached hydrogens (tertiary/aromatic N) is 2. The van der Waals surface area contributed by atoms with Gasteiger partial charge in [0.25, 0.3) is 11.6 Å². The third-order valence-corrected chi connectivity index (χ3v) is 4.63. The van der Waals surface area contributed by atoms with E-state index < -0.39 is 29.4 Å². The first-order valence-corrected chi connectivity index (χ1v) is 9.37. The van der Waals surface area contributed by atoms with Crippen LogP contribution in [0.25, 0.3) is 6.08 Å². The highest BCUT2D eigenvalue weighted by Gasteiger charge is 2.34. The molecule has 1 aliphatic heterocycles. The average molecular weight is 462 g/mol. The minimum absolute atomic E-state index is 0.0442. The van der Waals surface area contributed by atoms with E-state index >= 15 is 0 Å². The van der Waals surface area contributed by atoms with E-state index in [1.165, 1.54) is 37.5 Å². The van der Waals surface area contributed by atoms with E-state index in [2.05, 4.69) is 5.32 Å². The van der Waals surface area contributed by atoms with Crippen molar-refractivity contribution in [3.05, 3.63) is 68.4 Å². The topological polar surface area (TPSA) is 148 Å². The van der Waals surface area contributed by atoms with E-state index in [0.29, 0.717) is 16.0 Å². The number of benzene rings is 2. The number of halogens is 1. The summed E-state index contributed by atoms with van der Waals surface area (Å²) in [6.07, 6.45) is 1.33. The molecule has 2 aromatic rings. The standard InChI is InChI=1S/C20H16ClN3O8/c1-31-16-8-12(7-15-19(27)23(9-17(25)26)20(28)22-15)6-14(21)18(16)32-10-11-2-4-13(5-3-11)24(29)30/h2-8H,9-10H2,1H3,(H,22,28)(H,25,26)/b15-7+. The summed E-state index contributed by atoms with van der Waals surface area (Å²) in [7, 11) is 1.39. The molecule has 0 bridgehead atoms. The number of imide groups is 1. The molecular formula is C20H16ClN3O8. The van der Waals surface area contributed by atoms with Gasteiger partial charge in [0.1, 0.15) is 18.8 Å². The summed E-state index contributed by atoms with van der Waals surface area (Å²) in [5.74, 6) is -1.66. The molecule has 1 saturated heterocycles. The maximum absolute atomic E-state index is 12.3. The number of aliphatic carboxylic acids is 1. The summed E-state index contributed by atoms with van der Waals surface area (Å²) >= 11 is 6.31. The van der Waals surface area contributed by atoms with Gasteiger partial charge in [0, 0.05) is 12.1 Å².